The Kier molecular flexibility index (Phi) is 7.89. The maximum absolute atomic E-state index is 9.99. The van der Waals surface area contributed by atoms with E-state index in [9.17, 15) is 5.11 Å². The number of nitrogens with one attached hydrogen (secondary N) is 1. The zero-order chi connectivity index (χ0) is 15.7. The van der Waals surface area contributed by atoms with E-state index in [4.69, 9.17) is 9.47 Å². The van der Waals surface area contributed by atoms with Gasteiger partial charge in [0.05, 0.1) is 31.5 Å². The van der Waals surface area contributed by atoms with E-state index in [-0.39, 0.29) is 18.8 Å². The minimum Gasteiger partial charge on any atom is -0.394 e. The van der Waals surface area contributed by atoms with Crippen LogP contribution in [0.3, 0.4) is 0 Å². The molecular formula is C17H29NO3. The third-order valence-corrected chi connectivity index (χ3v) is 3.33. The average Bonchev–Trinajstić information content (AvgIpc) is 2.50. The van der Waals surface area contributed by atoms with Crippen molar-refractivity contribution in [1.29, 1.82) is 0 Å². The first-order valence-electron chi connectivity index (χ1n) is 7.67. The van der Waals surface area contributed by atoms with Crippen molar-refractivity contribution in [3.05, 3.63) is 35.9 Å². The fourth-order valence-electron chi connectivity index (χ4n) is 2.32. The molecule has 0 bridgehead atoms. The van der Waals surface area contributed by atoms with Gasteiger partial charge in [-0.3, -0.25) is 0 Å². The molecule has 0 aromatic heterocycles. The van der Waals surface area contributed by atoms with E-state index < -0.39 is 5.54 Å². The van der Waals surface area contributed by atoms with E-state index in [1.807, 2.05) is 44.2 Å². The summed E-state index contributed by atoms with van der Waals surface area (Å²) in [6.45, 7) is 9.72. The van der Waals surface area contributed by atoms with E-state index in [0.29, 0.717) is 19.8 Å². The summed E-state index contributed by atoms with van der Waals surface area (Å²) in [5, 5.41) is 13.4. The van der Waals surface area contributed by atoms with Crippen molar-refractivity contribution in [3.63, 3.8) is 0 Å². The molecule has 1 aromatic rings. The molecule has 2 N–H and O–H groups in total. The second-order valence-corrected chi connectivity index (χ2v) is 5.69. The molecule has 120 valence electrons. The molecule has 0 heterocycles. The van der Waals surface area contributed by atoms with Gasteiger partial charge in [0.25, 0.3) is 0 Å². The van der Waals surface area contributed by atoms with Gasteiger partial charge >= 0.3 is 0 Å². The van der Waals surface area contributed by atoms with Crippen LogP contribution in [0, 0.1) is 0 Å². The molecule has 0 saturated heterocycles. The number of rotatable bonds is 10. The van der Waals surface area contributed by atoms with Gasteiger partial charge in [-0.1, -0.05) is 30.3 Å². The quantitative estimate of drug-likeness (QED) is 0.695. The normalized spacial score (nSPS) is 15.9. The van der Waals surface area contributed by atoms with Crippen LogP contribution in [0.15, 0.2) is 30.3 Å². The highest BCUT2D eigenvalue weighted by Crippen LogP contribution is 2.23. The van der Waals surface area contributed by atoms with Gasteiger partial charge < -0.3 is 19.9 Å². The molecule has 0 aliphatic rings. The number of hydrogen-bond acceptors (Lipinski definition) is 4. The van der Waals surface area contributed by atoms with Crippen molar-refractivity contribution in [2.75, 3.05) is 26.4 Å². The third-order valence-electron chi connectivity index (χ3n) is 3.33. The summed E-state index contributed by atoms with van der Waals surface area (Å²) in [6, 6.07) is 10.2. The van der Waals surface area contributed by atoms with Crippen molar-refractivity contribution in [3.8, 4) is 0 Å². The molecule has 2 unspecified atom stereocenters. The maximum Gasteiger partial charge on any atom is 0.0908 e. The minimum atomic E-state index is -0.587. The molecule has 0 amide bonds. The summed E-state index contributed by atoms with van der Waals surface area (Å²) < 4.78 is 11.3. The lowest BCUT2D eigenvalue weighted by atomic mass is 9.90. The Morgan fingerprint density at radius 1 is 1.19 bits per heavy atom. The Balaban J connectivity index is 2.81. The topological polar surface area (TPSA) is 50.7 Å². The molecular weight excluding hydrogens is 266 g/mol. The molecule has 0 radical (unpaired) electrons. The summed E-state index contributed by atoms with van der Waals surface area (Å²) in [7, 11) is 0. The summed E-state index contributed by atoms with van der Waals surface area (Å²) in [4.78, 5) is 0. The van der Waals surface area contributed by atoms with Crippen LogP contribution >= 0.6 is 0 Å². The smallest absolute Gasteiger partial charge is 0.0908 e. The molecule has 0 saturated carbocycles. The molecule has 4 heteroatoms. The monoisotopic (exact) mass is 295 g/mol. The van der Waals surface area contributed by atoms with Crippen molar-refractivity contribution in [1.82, 2.24) is 5.32 Å². The predicted molar refractivity (Wildman–Crippen MR) is 85.4 cm³/mol. The third kappa shape index (κ3) is 5.75. The van der Waals surface area contributed by atoms with Gasteiger partial charge in [-0.05, 0) is 33.3 Å². The molecule has 1 aromatic carbocycles. The highest BCUT2D eigenvalue weighted by atomic mass is 16.5. The molecule has 0 aliphatic carbocycles. The second-order valence-electron chi connectivity index (χ2n) is 5.69. The standard InChI is InChI=1S/C17H29NO3/c1-5-20-11-15(4)21-13-17(12-19,18-14(2)3)16-9-7-6-8-10-16/h6-10,14-15,18-19H,5,11-13H2,1-4H3. The molecule has 0 fully saturated rings. The highest BCUT2D eigenvalue weighted by molar-refractivity contribution is 5.25. The van der Waals surface area contributed by atoms with Crippen molar-refractivity contribution >= 4 is 0 Å². The van der Waals surface area contributed by atoms with E-state index in [1.165, 1.54) is 0 Å². The van der Waals surface area contributed by atoms with Crippen LogP contribution in [0.25, 0.3) is 0 Å². The maximum atomic E-state index is 9.99. The predicted octanol–water partition coefficient (Wildman–Crippen LogP) is 2.31. The van der Waals surface area contributed by atoms with Crippen LogP contribution in [0.1, 0.15) is 33.3 Å². The van der Waals surface area contributed by atoms with Gasteiger partial charge in [-0.2, -0.15) is 0 Å². The summed E-state index contributed by atoms with van der Waals surface area (Å²) in [6.07, 6.45) is -0.00597. The lowest BCUT2D eigenvalue weighted by Gasteiger charge is -2.36. The SMILES string of the molecule is CCOCC(C)OCC(CO)(NC(C)C)c1ccccc1. The fourth-order valence-corrected chi connectivity index (χ4v) is 2.32. The first kappa shape index (κ1) is 18.1. The number of benzene rings is 1. The molecule has 1 rings (SSSR count). The zero-order valence-electron chi connectivity index (χ0n) is 13.6. The van der Waals surface area contributed by atoms with Crippen LogP contribution in [-0.2, 0) is 15.0 Å². The van der Waals surface area contributed by atoms with Crippen LogP contribution in [0.4, 0.5) is 0 Å². The second kappa shape index (κ2) is 9.15. The van der Waals surface area contributed by atoms with Crippen LogP contribution in [-0.4, -0.2) is 43.7 Å². The van der Waals surface area contributed by atoms with Gasteiger partial charge in [0.15, 0.2) is 0 Å². The molecule has 2 atom stereocenters. The molecule has 0 spiro atoms. The lowest BCUT2D eigenvalue weighted by Crippen LogP contribution is -2.52. The Hall–Kier alpha value is -0.940. The summed E-state index contributed by atoms with van der Waals surface area (Å²) in [5.74, 6) is 0. The van der Waals surface area contributed by atoms with E-state index in [1.54, 1.807) is 0 Å². The molecule has 21 heavy (non-hydrogen) atoms. The van der Waals surface area contributed by atoms with Crippen LogP contribution in [0.5, 0.6) is 0 Å². The minimum absolute atomic E-state index is 0.00597. The lowest BCUT2D eigenvalue weighted by molar-refractivity contribution is -0.0427. The Morgan fingerprint density at radius 3 is 2.38 bits per heavy atom. The van der Waals surface area contributed by atoms with Crippen molar-refractivity contribution in [2.45, 2.75) is 45.4 Å². The van der Waals surface area contributed by atoms with Crippen molar-refractivity contribution in [2.24, 2.45) is 0 Å². The Morgan fingerprint density at radius 2 is 1.86 bits per heavy atom. The van der Waals surface area contributed by atoms with Gasteiger partial charge in [0.2, 0.25) is 0 Å². The van der Waals surface area contributed by atoms with Gasteiger partial charge in [0.1, 0.15) is 0 Å². The number of aliphatic hydroxyl groups is 1. The zero-order valence-corrected chi connectivity index (χ0v) is 13.6. The van der Waals surface area contributed by atoms with Gasteiger partial charge in [0, 0.05) is 12.6 Å². The molecule has 0 aliphatic heterocycles. The van der Waals surface area contributed by atoms with Gasteiger partial charge in [-0.25, -0.2) is 0 Å². The highest BCUT2D eigenvalue weighted by Gasteiger charge is 2.33. The fraction of sp³-hybridized carbons (Fsp3) is 0.647. The van der Waals surface area contributed by atoms with E-state index in [0.717, 1.165) is 5.56 Å². The first-order chi connectivity index (χ1) is 10.0. The number of hydrogen-bond donors (Lipinski definition) is 2. The number of ether oxygens (including phenoxy) is 2. The van der Waals surface area contributed by atoms with Crippen LogP contribution in [0.2, 0.25) is 0 Å². The van der Waals surface area contributed by atoms with E-state index >= 15 is 0 Å². The summed E-state index contributed by atoms with van der Waals surface area (Å²) >= 11 is 0. The Labute approximate surface area is 128 Å². The van der Waals surface area contributed by atoms with Gasteiger partial charge in [-0.15, -0.1) is 0 Å². The Bertz CT molecular complexity index is 383. The average molecular weight is 295 g/mol. The number of aliphatic hydroxyl groups excluding tert-OH is 1. The summed E-state index contributed by atoms with van der Waals surface area (Å²) in [5.41, 5.74) is 0.445. The molecule has 4 nitrogen and oxygen atoms in total. The van der Waals surface area contributed by atoms with Crippen molar-refractivity contribution < 1.29 is 14.6 Å². The largest absolute Gasteiger partial charge is 0.394 e. The first-order valence-corrected chi connectivity index (χ1v) is 7.67. The van der Waals surface area contributed by atoms with Crippen LogP contribution < -0.4 is 5.32 Å². The van der Waals surface area contributed by atoms with E-state index in [2.05, 4.69) is 19.2 Å².